The van der Waals surface area contributed by atoms with E-state index in [1.807, 2.05) is 30.3 Å². The van der Waals surface area contributed by atoms with Crippen molar-refractivity contribution in [2.24, 2.45) is 0 Å². The monoisotopic (exact) mass is 448 g/mol. The van der Waals surface area contributed by atoms with Crippen molar-refractivity contribution >= 4 is 28.7 Å². The molecule has 1 aliphatic rings. The van der Waals surface area contributed by atoms with Gasteiger partial charge >= 0.3 is 5.97 Å². The Morgan fingerprint density at radius 2 is 1.91 bits per heavy atom. The third-order valence-corrected chi connectivity index (χ3v) is 5.79. The summed E-state index contributed by atoms with van der Waals surface area (Å²) >= 11 is 6.37. The number of ether oxygens (including phenoxy) is 2. The third kappa shape index (κ3) is 4.83. The molecule has 0 spiro atoms. The normalized spacial score (nSPS) is 13.3. The molecule has 0 amide bonds. The SMILES string of the molecule is CCOC(=O)c1cncc(C2=C(c3cc(Cl)ccc3OCc3ccccc3C)CCC2)n1. The summed E-state index contributed by atoms with van der Waals surface area (Å²) in [6.07, 6.45) is 5.84. The van der Waals surface area contributed by atoms with Crippen molar-refractivity contribution < 1.29 is 14.3 Å². The molecule has 1 aromatic heterocycles. The fraction of sp³-hybridized carbons (Fsp3) is 0.269. The van der Waals surface area contributed by atoms with Crippen molar-refractivity contribution in [1.82, 2.24) is 9.97 Å². The molecule has 0 unspecified atom stereocenters. The first-order valence-electron chi connectivity index (χ1n) is 10.8. The first-order valence-corrected chi connectivity index (χ1v) is 11.1. The van der Waals surface area contributed by atoms with Gasteiger partial charge in [-0.1, -0.05) is 35.9 Å². The van der Waals surface area contributed by atoms with Crippen molar-refractivity contribution in [3.05, 3.63) is 88.0 Å². The van der Waals surface area contributed by atoms with E-state index in [-0.39, 0.29) is 5.69 Å². The van der Waals surface area contributed by atoms with Crippen LogP contribution in [-0.2, 0) is 11.3 Å². The molecule has 0 radical (unpaired) electrons. The van der Waals surface area contributed by atoms with E-state index in [0.29, 0.717) is 23.9 Å². The summed E-state index contributed by atoms with van der Waals surface area (Å²) in [6.45, 7) is 4.61. The Labute approximate surface area is 193 Å². The van der Waals surface area contributed by atoms with Gasteiger partial charge in [-0.25, -0.2) is 9.78 Å². The molecule has 1 heterocycles. The number of hydrogen-bond donors (Lipinski definition) is 0. The fourth-order valence-electron chi connectivity index (χ4n) is 3.93. The number of rotatable bonds is 7. The molecule has 0 saturated heterocycles. The molecule has 6 heteroatoms. The van der Waals surface area contributed by atoms with Gasteiger partial charge in [-0.3, -0.25) is 4.98 Å². The molecule has 0 atom stereocenters. The summed E-state index contributed by atoms with van der Waals surface area (Å²) in [4.78, 5) is 20.9. The quantitative estimate of drug-likeness (QED) is 0.397. The van der Waals surface area contributed by atoms with Crippen molar-refractivity contribution in [1.29, 1.82) is 0 Å². The van der Waals surface area contributed by atoms with E-state index in [2.05, 4.69) is 29.0 Å². The molecule has 3 aromatic rings. The standard InChI is InChI=1S/C26H25ClN2O3/c1-3-31-26(30)24-15-28-14-23(29-24)21-10-6-9-20(21)22-13-19(27)11-12-25(22)32-16-18-8-5-4-7-17(18)2/h4-5,7-8,11-15H,3,6,9-10,16H2,1-2H3. The van der Waals surface area contributed by atoms with Crippen LogP contribution < -0.4 is 4.74 Å². The molecule has 0 aliphatic heterocycles. The highest BCUT2D eigenvalue weighted by atomic mass is 35.5. The summed E-state index contributed by atoms with van der Waals surface area (Å²) in [6, 6.07) is 13.9. The maximum Gasteiger partial charge on any atom is 0.358 e. The lowest BCUT2D eigenvalue weighted by Gasteiger charge is -2.15. The van der Waals surface area contributed by atoms with Crippen LogP contribution in [0.5, 0.6) is 5.75 Å². The zero-order valence-corrected chi connectivity index (χ0v) is 19.0. The second-order valence-electron chi connectivity index (χ2n) is 7.68. The number of nitrogens with zero attached hydrogens (tertiary/aromatic N) is 2. The second kappa shape index (κ2) is 9.96. The molecule has 5 nitrogen and oxygen atoms in total. The maximum absolute atomic E-state index is 12.1. The topological polar surface area (TPSA) is 61.3 Å². The highest BCUT2D eigenvalue weighted by Crippen LogP contribution is 2.43. The van der Waals surface area contributed by atoms with Crippen LogP contribution in [0.4, 0.5) is 0 Å². The second-order valence-corrected chi connectivity index (χ2v) is 8.11. The van der Waals surface area contributed by atoms with Crippen molar-refractivity contribution in [3.8, 4) is 5.75 Å². The minimum Gasteiger partial charge on any atom is -0.488 e. The van der Waals surface area contributed by atoms with E-state index in [9.17, 15) is 4.79 Å². The average Bonchev–Trinajstić information content (AvgIpc) is 3.29. The van der Waals surface area contributed by atoms with Crippen LogP contribution in [0, 0.1) is 6.92 Å². The van der Waals surface area contributed by atoms with Crippen molar-refractivity contribution in [2.75, 3.05) is 6.61 Å². The zero-order valence-electron chi connectivity index (χ0n) is 18.2. The first kappa shape index (κ1) is 22.0. The van der Waals surface area contributed by atoms with Crippen molar-refractivity contribution in [3.63, 3.8) is 0 Å². The number of aromatic nitrogens is 2. The molecular weight excluding hydrogens is 424 g/mol. The minimum absolute atomic E-state index is 0.213. The Morgan fingerprint density at radius 1 is 1.09 bits per heavy atom. The summed E-state index contributed by atoms with van der Waals surface area (Å²) in [7, 11) is 0. The van der Waals surface area contributed by atoms with Gasteiger partial charge in [0.15, 0.2) is 5.69 Å². The number of halogens is 1. The molecule has 4 rings (SSSR count). The molecule has 0 N–H and O–H groups in total. The van der Waals surface area contributed by atoms with Crippen LogP contribution in [-0.4, -0.2) is 22.5 Å². The van der Waals surface area contributed by atoms with Crippen LogP contribution in [0.1, 0.15) is 59.1 Å². The summed E-state index contributed by atoms with van der Waals surface area (Å²) < 4.78 is 11.3. The largest absolute Gasteiger partial charge is 0.488 e. The molecule has 0 bridgehead atoms. The molecule has 2 aromatic carbocycles. The highest BCUT2D eigenvalue weighted by Gasteiger charge is 2.23. The average molecular weight is 449 g/mol. The number of carbonyl (C=O) groups excluding carboxylic acids is 1. The molecule has 0 fully saturated rings. The van der Waals surface area contributed by atoms with E-state index in [0.717, 1.165) is 47.3 Å². The van der Waals surface area contributed by atoms with Crippen molar-refractivity contribution in [2.45, 2.75) is 39.7 Å². The third-order valence-electron chi connectivity index (χ3n) is 5.56. The van der Waals surface area contributed by atoms with Crippen LogP contribution in [0.2, 0.25) is 5.02 Å². The molecular formula is C26H25ClN2O3. The maximum atomic E-state index is 12.1. The van der Waals surface area contributed by atoms with Crippen LogP contribution in [0.25, 0.3) is 11.1 Å². The van der Waals surface area contributed by atoms with Crippen LogP contribution >= 0.6 is 11.6 Å². The van der Waals surface area contributed by atoms with Gasteiger partial charge in [0.25, 0.3) is 0 Å². The number of benzene rings is 2. The van der Waals surface area contributed by atoms with Gasteiger partial charge in [0.05, 0.1) is 24.7 Å². The number of aryl methyl sites for hydroxylation is 1. The predicted octanol–water partition coefficient (Wildman–Crippen LogP) is 6.29. The first-order chi connectivity index (χ1) is 15.6. The molecule has 0 saturated carbocycles. The lowest BCUT2D eigenvalue weighted by atomic mass is 9.99. The Kier molecular flexibility index (Phi) is 6.86. The number of hydrogen-bond acceptors (Lipinski definition) is 5. The predicted molar refractivity (Wildman–Crippen MR) is 126 cm³/mol. The van der Waals surface area contributed by atoms with E-state index in [1.165, 1.54) is 11.8 Å². The number of carbonyl (C=O) groups is 1. The van der Waals surface area contributed by atoms with Gasteiger partial charge in [-0.15, -0.1) is 0 Å². The lowest BCUT2D eigenvalue weighted by Crippen LogP contribution is -2.09. The zero-order chi connectivity index (χ0) is 22.5. The van der Waals surface area contributed by atoms with E-state index in [4.69, 9.17) is 21.1 Å². The van der Waals surface area contributed by atoms with E-state index in [1.54, 1.807) is 13.1 Å². The number of esters is 1. The number of allylic oxidation sites excluding steroid dienone is 2. The van der Waals surface area contributed by atoms with E-state index >= 15 is 0 Å². The molecule has 32 heavy (non-hydrogen) atoms. The van der Waals surface area contributed by atoms with Crippen LogP contribution in [0.3, 0.4) is 0 Å². The van der Waals surface area contributed by atoms with Gasteiger partial charge in [-0.2, -0.15) is 0 Å². The minimum atomic E-state index is -0.466. The molecule has 1 aliphatic carbocycles. The fourth-order valence-corrected chi connectivity index (χ4v) is 4.10. The van der Waals surface area contributed by atoms with Gasteiger partial charge in [0.2, 0.25) is 0 Å². The lowest BCUT2D eigenvalue weighted by molar-refractivity contribution is 0.0519. The van der Waals surface area contributed by atoms with Gasteiger partial charge in [0.1, 0.15) is 12.4 Å². The Bertz CT molecular complexity index is 1170. The Hall–Kier alpha value is -3.18. The van der Waals surface area contributed by atoms with Gasteiger partial charge in [-0.05, 0) is 73.6 Å². The Balaban J connectivity index is 1.70. The highest BCUT2D eigenvalue weighted by molar-refractivity contribution is 6.30. The molecule has 164 valence electrons. The smallest absolute Gasteiger partial charge is 0.358 e. The summed E-state index contributed by atoms with van der Waals surface area (Å²) in [5.41, 5.74) is 6.38. The van der Waals surface area contributed by atoms with E-state index < -0.39 is 5.97 Å². The summed E-state index contributed by atoms with van der Waals surface area (Å²) in [5.74, 6) is 0.313. The Morgan fingerprint density at radius 3 is 2.72 bits per heavy atom. The van der Waals surface area contributed by atoms with Crippen LogP contribution in [0.15, 0.2) is 54.9 Å². The van der Waals surface area contributed by atoms with Gasteiger partial charge in [0, 0.05) is 10.6 Å². The summed E-state index contributed by atoms with van der Waals surface area (Å²) in [5, 5.41) is 0.647. The van der Waals surface area contributed by atoms with Gasteiger partial charge < -0.3 is 9.47 Å².